The predicted octanol–water partition coefficient (Wildman–Crippen LogP) is 2.74. The highest BCUT2D eigenvalue weighted by atomic mass is 35.5. The molecule has 0 bridgehead atoms. The number of nitrogen functional groups attached to an aromatic ring is 1. The van der Waals surface area contributed by atoms with Crippen molar-refractivity contribution in [3.8, 4) is 0 Å². The van der Waals surface area contributed by atoms with Crippen LogP contribution in [0.1, 0.15) is 16.1 Å². The van der Waals surface area contributed by atoms with E-state index in [0.29, 0.717) is 15.7 Å². The van der Waals surface area contributed by atoms with Crippen LogP contribution in [0.5, 0.6) is 0 Å². The summed E-state index contributed by atoms with van der Waals surface area (Å²) in [5.74, 6) is -0.858. The zero-order chi connectivity index (χ0) is 20.1. The normalized spacial score (nSPS) is 10.5. The number of carbonyl (C=O) groups excluding carboxylic acids is 2. The van der Waals surface area contributed by atoms with Crippen molar-refractivity contribution < 1.29 is 9.59 Å². The summed E-state index contributed by atoms with van der Waals surface area (Å²) in [7, 11) is 0. The van der Waals surface area contributed by atoms with Crippen LogP contribution in [-0.2, 0) is 17.9 Å². The van der Waals surface area contributed by atoms with Crippen LogP contribution in [0.2, 0.25) is 10.0 Å². The van der Waals surface area contributed by atoms with E-state index in [0.717, 1.165) is 10.2 Å². The van der Waals surface area contributed by atoms with Crippen molar-refractivity contribution in [2.24, 2.45) is 0 Å². The van der Waals surface area contributed by atoms with E-state index < -0.39 is 5.91 Å². The maximum atomic E-state index is 12.3. The van der Waals surface area contributed by atoms with E-state index in [-0.39, 0.29) is 30.5 Å². The number of halogens is 2. The number of nitrogens with zero attached hydrogens (tertiary/aromatic N) is 3. The third kappa shape index (κ3) is 4.99. The third-order valence-electron chi connectivity index (χ3n) is 3.78. The molecule has 0 aliphatic rings. The first-order valence-corrected chi connectivity index (χ1v) is 8.95. The van der Waals surface area contributed by atoms with Gasteiger partial charge in [-0.3, -0.25) is 9.59 Å². The van der Waals surface area contributed by atoms with E-state index in [1.807, 2.05) is 0 Å². The SMILES string of the molecule is Nc1c(C(=O)NCc2ccc(Cl)cc2)nnn1CC(=O)Nc1ccc(Cl)cc1. The lowest BCUT2D eigenvalue weighted by atomic mass is 10.2. The Bertz CT molecular complexity index is 986. The van der Waals surface area contributed by atoms with Gasteiger partial charge in [0.2, 0.25) is 5.91 Å². The van der Waals surface area contributed by atoms with Crippen LogP contribution >= 0.6 is 23.2 Å². The van der Waals surface area contributed by atoms with Crippen molar-refractivity contribution in [1.29, 1.82) is 0 Å². The molecule has 3 rings (SSSR count). The maximum Gasteiger partial charge on any atom is 0.275 e. The van der Waals surface area contributed by atoms with E-state index in [9.17, 15) is 9.59 Å². The van der Waals surface area contributed by atoms with Crippen LogP contribution in [0.4, 0.5) is 11.5 Å². The molecule has 0 radical (unpaired) electrons. The van der Waals surface area contributed by atoms with Crippen LogP contribution in [0.15, 0.2) is 48.5 Å². The number of benzene rings is 2. The fraction of sp³-hybridized carbons (Fsp3) is 0.111. The second-order valence-electron chi connectivity index (χ2n) is 5.85. The number of rotatable bonds is 6. The quantitative estimate of drug-likeness (QED) is 0.569. The Kier molecular flexibility index (Phi) is 6.13. The molecule has 28 heavy (non-hydrogen) atoms. The van der Waals surface area contributed by atoms with Gasteiger partial charge in [0, 0.05) is 22.3 Å². The van der Waals surface area contributed by atoms with Crippen LogP contribution in [0.25, 0.3) is 0 Å². The highest BCUT2D eigenvalue weighted by Crippen LogP contribution is 2.14. The average molecular weight is 419 g/mol. The molecule has 0 aliphatic heterocycles. The van der Waals surface area contributed by atoms with Gasteiger partial charge in [-0.2, -0.15) is 0 Å². The van der Waals surface area contributed by atoms with Crippen LogP contribution < -0.4 is 16.4 Å². The van der Waals surface area contributed by atoms with Crippen molar-refractivity contribution >= 4 is 46.5 Å². The van der Waals surface area contributed by atoms with Gasteiger partial charge in [-0.1, -0.05) is 40.5 Å². The van der Waals surface area contributed by atoms with E-state index in [2.05, 4.69) is 20.9 Å². The fourth-order valence-corrected chi connectivity index (χ4v) is 2.59. The first-order chi connectivity index (χ1) is 13.4. The summed E-state index contributed by atoms with van der Waals surface area (Å²) in [4.78, 5) is 24.4. The Morgan fingerprint density at radius 3 is 2.25 bits per heavy atom. The Hall–Kier alpha value is -3.10. The van der Waals surface area contributed by atoms with Crippen LogP contribution in [0.3, 0.4) is 0 Å². The van der Waals surface area contributed by atoms with Gasteiger partial charge >= 0.3 is 0 Å². The van der Waals surface area contributed by atoms with Gasteiger partial charge in [0.15, 0.2) is 11.5 Å². The Morgan fingerprint density at radius 1 is 1.00 bits per heavy atom. The molecule has 0 saturated carbocycles. The molecule has 144 valence electrons. The highest BCUT2D eigenvalue weighted by Gasteiger charge is 2.18. The summed E-state index contributed by atoms with van der Waals surface area (Å²) in [6.07, 6.45) is 0. The molecule has 0 spiro atoms. The minimum atomic E-state index is -0.489. The number of carbonyl (C=O) groups is 2. The Morgan fingerprint density at radius 2 is 1.61 bits per heavy atom. The number of hydrogen-bond acceptors (Lipinski definition) is 5. The second-order valence-corrected chi connectivity index (χ2v) is 6.72. The monoisotopic (exact) mass is 418 g/mol. The van der Waals surface area contributed by atoms with Crippen molar-refractivity contribution in [3.05, 3.63) is 69.8 Å². The van der Waals surface area contributed by atoms with Gasteiger partial charge in [0.25, 0.3) is 5.91 Å². The minimum absolute atomic E-state index is 0.000128. The minimum Gasteiger partial charge on any atom is -0.382 e. The van der Waals surface area contributed by atoms with Crippen LogP contribution in [0, 0.1) is 0 Å². The average Bonchev–Trinajstić information content (AvgIpc) is 3.03. The van der Waals surface area contributed by atoms with E-state index in [4.69, 9.17) is 28.9 Å². The first kappa shape index (κ1) is 19.7. The molecule has 0 saturated heterocycles. The van der Waals surface area contributed by atoms with Gasteiger partial charge in [-0.25, -0.2) is 4.68 Å². The summed E-state index contributed by atoms with van der Waals surface area (Å²) in [6.45, 7) is 0.0886. The number of hydrogen-bond donors (Lipinski definition) is 3. The zero-order valence-corrected chi connectivity index (χ0v) is 16.0. The molecule has 2 amide bonds. The van der Waals surface area contributed by atoms with Gasteiger partial charge in [0.05, 0.1) is 0 Å². The summed E-state index contributed by atoms with van der Waals surface area (Å²) in [6, 6.07) is 13.7. The topological polar surface area (TPSA) is 115 Å². The summed E-state index contributed by atoms with van der Waals surface area (Å²) >= 11 is 11.6. The molecule has 4 N–H and O–H groups in total. The molecule has 8 nitrogen and oxygen atoms in total. The highest BCUT2D eigenvalue weighted by molar-refractivity contribution is 6.30. The lowest BCUT2D eigenvalue weighted by molar-refractivity contribution is -0.116. The van der Waals surface area contributed by atoms with E-state index >= 15 is 0 Å². The Labute approximate surface area is 170 Å². The molecular weight excluding hydrogens is 403 g/mol. The standard InChI is InChI=1S/C18H16Cl2N6O2/c19-12-3-1-11(2-4-12)9-22-18(28)16-17(21)26(25-24-16)10-15(27)23-14-7-5-13(20)6-8-14/h1-8H,9-10,21H2,(H,22,28)(H,23,27). The molecule has 0 unspecified atom stereocenters. The number of amides is 2. The Balaban J connectivity index is 1.59. The molecule has 1 aromatic heterocycles. The van der Waals surface area contributed by atoms with Crippen LogP contribution in [-0.4, -0.2) is 26.8 Å². The number of nitrogens with two attached hydrogens (primary N) is 1. The molecule has 0 atom stereocenters. The van der Waals surface area contributed by atoms with Gasteiger partial charge < -0.3 is 16.4 Å². The van der Waals surface area contributed by atoms with Gasteiger partial charge in [-0.15, -0.1) is 5.10 Å². The molecular formula is C18H16Cl2N6O2. The predicted molar refractivity (Wildman–Crippen MR) is 107 cm³/mol. The number of anilines is 2. The molecule has 10 heteroatoms. The van der Waals surface area contributed by atoms with Crippen molar-refractivity contribution in [1.82, 2.24) is 20.3 Å². The summed E-state index contributed by atoms with van der Waals surface area (Å²) in [5.41, 5.74) is 7.31. The lowest BCUT2D eigenvalue weighted by Gasteiger charge is -2.07. The number of nitrogens with one attached hydrogen (secondary N) is 2. The molecule has 0 aliphatic carbocycles. The van der Waals surface area contributed by atoms with E-state index in [1.54, 1.807) is 48.5 Å². The van der Waals surface area contributed by atoms with Crippen molar-refractivity contribution in [2.75, 3.05) is 11.1 Å². The molecule has 2 aromatic carbocycles. The number of aromatic nitrogens is 3. The van der Waals surface area contributed by atoms with Gasteiger partial charge in [0.1, 0.15) is 6.54 Å². The third-order valence-corrected chi connectivity index (χ3v) is 4.28. The summed E-state index contributed by atoms with van der Waals surface area (Å²) < 4.78 is 1.16. The zero-order valence-electron chi connectivity index (χ0n) is 14.5. The first-order valence-electron chi connectivity index (χ1n) is 8.19. The molecule has 0 fully saturated rings. The van der Waals surface area contributed by atoms with Gasteiger partial charge in [-0.05, 0) is 42.0 Å². The smallest absolute Gasteiger partial charge is 0.275 e. The van der Waals surface area contributed by atoms with Crippen molar-refractivity contribution in [2.45, 2.75) is 13.1 Å². The molecule has 3 aromatic rings. The largest absolute Gasteiger partial charge is 0.382 e. The molecule has 1 heterocycles. The van der Waals surface area contributed by atoms with E-state index in [1.165, 1.54) is 0 Å². The lowest BCUT2D eigenvalue weighted by Crippen LogP contribution is -2.25. The summed E-state index contributed by atoms with van der Waals surface area (Å²) in [5, 5.41) is 14.1. The fourth-order valence-electron chi connectivity index (χ4n) is 2.34. The van der Waals surface area contributed by atoms with Crippen molar-refractivity contribution in [3.63, 3.8) is 0 Å². The maximum absolute atomic E-state index is 12.3. The second kappa shape index (κ2) is 8.73.